The highest BCUT2D eigenvalue weighted by Gasteiger charge is 2.47. The highest BCUT2D eigenvalue weighted by Crippen LogP contribution is 2.50. The quantitative estimate of drug-likeness (QED) is 0.696. The lowest BCUT2D eigenvalue weighted by Gasteiger charge is -2.36. The Balaban J connectivity index is 1.29. The number of methoxy groups -OCH3 is 1. The molecule has 0 aromatic heterocycles. The molecule has 2 saturated heterocycles. The van der Waals surface area contributed by atoms with Gasteiger partial charge < -0.3 is 23.8 Å². The fourth-order valence-corrected chi connectivity index (χ4v) is 5.81. The van der Waals surface area contributed by atoms with Gasteiger partial charge in [-0.2, -0.15) is 0 Å². The molecule has 2 fully saturated rings. The monoisotopic (exact) mass is 412 g/mol. The van der Waals surface area contributed by atoms with Gasteiger partial charge in [-0.05, 0) is 60.6 Å². The summed E-state index contributed by atoms with van der Waals surface area (Å²) in [5.41, 5.74) is 3.99. The zero-order valence-electron chi connectivity index (χ0n) is 17.3. The first-order chi connectivity index (χ1) is 14.7. The lowest BCUT2D eigenvalue weighted by atomic mass is 9.82. The van der Waals surface area contributed by atoms with Gasteiger partial charge in [0.1, 0.15) is 6.10 Å². The summed E-state index contributed by atoms with van der Waals surface area (Å²) in [5, 5.41) is 0. The second-order valence-corrected chi connectivity index (χ2v) is 8.97. The van der Waals surface area contributed by atoms with E-state index in [1.54, 1.807) is 7.11 Å². The lowest BCUT2D eigenvalue weighted by Crippen LogP contribution is -2.45. The number of carbonyl (C=O) groups is 1. The van der Waals surface area contributed by atoms with E-state index >= 15 is 0 Å². The molecule has 5 aliphatic rings. The van der Waals surface area contributed by atoms with Crippen LogP contribution in [0.15, 0.2) is 23.8 Å². The Morgan fingerprint density at radius 2 is 1.93 bits per heavy atom. The van der Waals surface area contributed by atoms with Crippen molar-refractivity contribution >= 4 is 6.09 Å². The number of ether oxygens (including phenoxy) is 4. The van der Waals surface area contributed by atoms with Crippen molar-refractivity contribution in [2.24, 2.45) is 0 Å². The summed E-state index contributed by atoms with van der Waals surface area (Å²) < 4.78 is 23.0. The molecule has 0 radical (unpaired) electrons. The minimum atomic E-state index is -0.339. The number of likely N-dealkylation sites (tertiary alicyclic amines) is 1. The number of hydrogen-bond acceptors (Lipinski definition) is 6. The maximum absolute atomic E-state index is 12.8. The molecule has 160 valence electrons. The molecule has 1 unspecified atom stereocenters. The highest BCUT2D eigenvalue weighted by atomic mass is 16.7. The van der Waals surface area contributed by atoms with Crippen molar-refractivity contribution in [1.29, 1.82) is 0 Å². The normalized spacial score (nSPS) is 33.6. The van der Waals surface area contributed by atoms with Crippen LogP contribution in [0, 0.1) is 0 Å². The molecule has 5 atom stereocenters. The number of piperidine rings is 1. The molecule has 0 N–H and O–H groups in total. The van der Waals surface area contributed by atoms with E-state index in [1.807, 2.05) is 4.90 Å². The third kappa shape index (κ3) is 2.90. The van der Waals surface area contributed by atoms with Gasteiger partial charge in [0.2, 0.25) is 6.79 Å². The largest absolute Gasteiger partial charge is 0.454 e. The number of hydrogen-bond donors (Lipinski definition) is 0. The first-order valence-electron chi connectivity index (χ1n) is 11.1. The number of nitrogens with zero attached hydrogens (tertiary/aromatic N) is 2. The van der Waals surface area contributed by atoms with Crippen molar-refractivity contribution in [2.45, 2.75) is 56.4 Å². The van der Waals surface area contributed by atoms with Gasteiger partial charge in [-0.3, -0.25) is 4.90 Å². The molecule has 7 nitrogen and oxygen atoms in total. The van der Waals surface area contributed by atoms with E-state index in [-0.39, 0.29) is 18.3 Å². The van der Waals surface area contributed by atoms with Crippen molar-refractivity contribution in [3.05, 3.63) is 34.9 Å². The molecule has 1 aliphatic carbocycles. The van der Waals surface area contributed by atoms with Crippen molar-refractivity contribution in [1.82, 2.24) is 9.80 Å². The Kier molecular flexibility index (Phi) is 4.42. The van der Waals surface area contributed by atoms with Gasteiger partial charge >= 0.3 is 6.09 Å². The van der Waals surface area contributed by atoms with Crippen LogP contribution < -0.4 is 9.47 Å². The SMILES string of the molecule is CO[C@H]1C[C@H]2C(=C[C@@H]1OC(=O)N1CCCCC1)[C@H]1CN2Cc2cc3c(cc21)OCO3. The smallest absolute Gasteiger partial charge is 0.410 e. The minimum Gasteiger partial charge on any atom is -0.454 e. The first kappa shape index (κ1) is 18.5. The average Bonchev–Trinajstić information content (AvgIpc) is 3.35. The van der Waals surface area contributed by atoms with E-state index in [9.17, 15) is 4.79 Å². The molecule has 4 heterocycles. The number of benzene rings is 1. The topological polar surface area (TPSA) is 60.5 Å². The van der Waals surface area contributed by atoms with Gasteiger partial charge in [0.05, 0.1) is 6.10 Å². The Hall–Kier alpha value is -2.25. The molecular formula is C23H28N2O5. The highest BCUT2D eigenvalue weighted by molar-refractivity contribution is 5.68. The fraction of sp³-hybridized carbons (Fsp3) is 0.609. The maximum Gasteiger partial charge on any atom is 0.410 e. The van der Waals surface area contributed by atoms with Crippen LogP contribution in [-0.2, 0) is 16.0 Å². The Morgan fingerprint density at radius 3 is 2.73 bits per heavy atom. The van der Waals surface area contributed by atoms with Crippen LogP contribution in [0.5, 0.6) is 11.5 Å². The zero-order valence-corrected chi connectivity index (χ0v) is 17.3. The Bertz CT molecular complexity index is 894. The minimum absolute atomic E-state index is 0.119. The number of amides is 1. The van der Waals surface area contributed by atoms with Crippen LogP contribution in [0.4, 0.5) is 4.79 Å². The second kappa shape index (κ2) is 7.17. The predicted octanol–water partition coefficient (Wildman–Crippen LogP) is 3.03. The van der Waals surface area contributed by atoms with Crippen LogP contribution in [0.3, 0.4) is 0 Å². The first-order valence-corrected chi connectivity index (χ1v) is 11.1. The van der Waals surface area contributed by atoms with Gasteiger partial charge in [0.25, 0.3) is 0 Å². The molecule has 2 bridgehead atoms. The molecule has 7 heteroatoms. The molecule has 1 aromatic carbocycles. The van der Waals surface area contributed by atoms with Crippen molar-refractivity contribution in [3.8, 4) is 11.5 Å². The van der Waals surface area contributed by atoms with E-state index < -0.39 is 0 Å². The molecule has 0 spiro atoms. The van der Waals surface area contributed by atoms with Crippen molar-refractivity contribution in [3.63, 3.8) is 0 Å². The summed E-state index contributed by atoms with van der Waals surface area (Å²) in [7, 11) is 1.72. The summed E-state index contributed by atoms with van der Waals surface area (Å²) in [4.78, 5) is 17.1. The molecule has 1 amide bonds. The molecule has 4 aliphatic heterocycles. The van der Waals surface area contributed by atoms with Crippen molar-refractivity contribution in [2.75, 3.05) is 33.5 Å². The van der Waals surface area contributed by atoms with Gasteiger partial charge in [-0.15, -0.1) is 0 Å². The summed E-state index contributed by atoms with van der Waals surface area (Å²) in [6.07, 6.45) is 5.66. The summed E-state index contributed by atoms with van der Waals surface area (Å²) in [6.45, 7) is 3.77. The average molecular weight is 412 g/mol. The van der Waals surface area contributed by atoms with E-state index in [4.69, 9.17) is 18.9 Å². The molecule has 30 heavy (non-hydrogen) atoms. The van der Waals surface area contributed by atoms with Crippen LogP contribution in [0.25, 0.3) is 0 Å². The number of fused-ring (bicyclic) bond motifs is 8. The third-order valence-electron chi connectivity index (χ3n) is 7.36. The molecular weight excluding hydrogens is 384 g/mol. The Morgan fingerprint density at radius 1 is 1.13 bits per heavy atom. The van der Waals surface area contributed by atoms with Crippen LogP contribution in [0.2, 0.25) is 0 Å². The van der Waals surface area contributed by atoms with Gasteiger partial charge in [-0.1, -0.05) is 0 Å². The number of carbonyl (C=O) groups excluding carboxylic acids is 1. The van der Waals surface area contributed by atoms with E-state index in [0.717, 1.165) is 56.9 Å². The summed E-state index contributed by atoms with van der Waals surface area (Å²) >= 11 is 0. The number of rotatable bonds is 2. The molecule has 0 saturated carbocycles. The standard InChI is InChI=1S/C23H28N2O5/c1-27-19-10-18-16(9-22(19)30-23(26)24-5-3-2-4-6-24)17-12-25(18)11-14-7-20-21(8-15(14)17)29-13-28-20/h7-9,17-19,22H,2-6,10-13H2,1H3/t17-,18-,19-,22-/m0/s1. The third-order valence-corrected chi connectivity index (χ3v) is 7.36. The Labute approximate surface area is 176 Å². The lowest BCUT2D eigenvalue weighted by molar-refractivity contribution is -0.0298. The zero-order chi connectivity index (χ0) is 20.2. The molecule has 1 aromatic rings. The summed E-state index contributed by atoms with van der Waals surface area (Å²) in [6, 6.07) is 4.62. The van der Waals surface area contributed by atoms with E-state index in [0.29, 0.717) is 18.8 Å². The summed E-state index contributed by atoms with van der Waals surface area (Å²) in [5.74, 6) is 1.99. The van der Waals surface area contributed by atoms with E-state index in [1.165, 1.54) is 23.1 Å². The van der Waals surface area contributed by atoms with Gasteiger partial charge in [0, 0.05) is 45.2 Å². The van der Waals surface area contributed by atoms with Crippen LogP contribution in [0.1, 0.15) is 42.7 Å². The van der Waals surface area contributed by atoms with Crippen molar-refractivity contribution < 1.29 is 23.7 Å². The van der Waals surface area contributed by atoms with E-state index in [2.05, 4.69) is 23.1 Å². The van der Waals surface area contributed by atoms with Gasteiger partial charge in [-0.25, -0.2) is 4.79 Å². The van der Waals surface area contributed by atoms with Crippen LogP contribution in [-0.4, -0.2) is 67.7 Å². The predicted molar refractivity (Wildman–Crippen MR) is 109 cm³/mol. The molecule has 6 rings (SSSR count). The van der Waals surface area contributed by atoms with Crippen LogP contribution >= 0.6 is 0 Å². The second-order valence-electron chi connectivity index (χ2n) is 8.97. The van der Waals surface area contributed by atoms with Gasteiger partial charge in [0.15, 0.2) is 11.5 Å². The maximum atomic E-state index is 12.8. The fourth-order valence-electron chi connectivity index (χ4n) is 5.81.